The molecule has 19 heavy (non-hydrogen) atoms. The topological polar surface area (TPSA) is 24.7 Å². The molecule has 0 saturated carbocycles. The summed E-state index contributed by atoms with van der Waals surface area (Å²) in [6.45, 7) is 7.39. The lowest BCUT2D eigenvalue weighted by Crippen LogP contribution is -2.27. The fourth-order valence-corrected chi connectivity index (χ4v) is 3.42. The number of nitrogens with zero attached hydrogens (tertiary/aromatic N) is 2. The second-order valence-electron chi connectivity index (χ2n) is 5.54. The SMILES string of the molecule is CC1=C2CC3=c4c(C)c(C)c(c1c4C=CCN=C3)=N2. The van der Waals surface area contributed by atoms with E-state index < -0.39 is 0 Å². The lowest BCUT2D eigenvalue weighted by Gasteiger charge is -2.14. The lowest BCUT2D eigenvalue weighted by atomic mass is 9.91. The van der Waals surface area contributed by atoms with Gasteiger partial charge in [-0.3, -0.25) is 9.98 Å². The van der Waals surface area contributed by atoms with Gasteiger partial charge < -0.3 is 0 Å². The fourth-order valence-electron chi connectivity index (χ4n) is 3.42. The minimum absolute atomic E-state index is 0.774. The predicted octanol–water partition coefficient (Wildman–Crippen LogP) is 2.32. The zero-order valence-electron chi connectivity index (χ0n) is 11.5. The molecule has 0 aromatic heterocycles. The first-order chi connectivity index (χ1) is 9.18. The number of aliphatic imine (C=N–C) groups is 1. The van der Waals surface area contributed by atoms with Gasteiger partial charge in [-0.05, 0) is 53.8 Å². The molecule has 1 aromatic carbocycles. The van der Waals surface area contributed by atoms with Crippen LogP contribution in [0.15, 0.2) is 21.8 Å². The fraction of sp³-hybridized carbons (Fsp3) is 0.294. The Morgan fingerprint density at radius 1 is 1.11 bits per heavy atom. The summed E-state index contributed by atoms with van der Waals surface area (Å²) in [7, 11) is 0. The molecular weight excluding hydrogens is 232 g/mol. The van der Waals surface area contributed by atoms with Crippen LogP contribution in [0.25, 0.3) is 17.2 Å². The first-order valence-corrected chi connectivity index (χ1v) is 6.80. The summed E-state index contributed by atoms with van der Waals surface area (Å²) in [5.41, 5.74) is 9.29. The Morgan fingerprint density at radius 3 is 2.79 bits per heavy atom. The maximum absolute atomic E-state index is 4.88. The first-order valence-electron chi connectivity index (χ1n) is 6.80. The molecule has 0 unspecified atom stereocenters. The third-order valence-corrected chi connectivity index (χ3v) is 4.54. The average Bonchev–Trinajstić information content (AvgIpc) is 2.60. The monoisotopic (exact) mass is 248 g/mol. The maximum Gasteiger partial charge on any atom is 0.0747 e. The highest BCUT2D eigenvalue weighted by Crippen LogP contribution is 2.32. The second-order valence-corrected chi connectivity index (χ2v) is 5.54. The number of rotatable bonds is 0. The Labute approximate surface area is 112 Å². The molecule has 0 amide bonds. The smallest absolute Gasteiger partial charge is 0.0747 e. The Hall–Kier alpha value is -1.96. The van der Waals surface area contributed by atoms with Gasteiger partial charge in [0.2, 0.25) is 0 Å². The minimum Gasteiger partial charge on any atom is -0.289 e. The van der Waals surface area contributed by atoms with Crippen molar-refractivity contribution in [1.82, 2.24) is 0 Å². The standard InChI is InChI=1S/C17H16N2/c1-9-10(2)17-16-11(3)14(19-17)7-12-8-18-6-4-5-13(16)15(9)12/h4-5,8H,6-7H2,1-3H3. The molecule has 0 N–H and O–H groups in total. The molecule has 1 aromatic rings. The van der Waals surface area contributed by atoms with E-state index in [1.807, 2.05) is 0 Å². The van der Waals surface area contributed by atoms with E-state index in [1.165, 1.54) is 49.7 Å². The van der Waals surface area contributed by atoms with E-state index in [9.17, 15) is 0 Å². The highest BCUT2D eigenvalue weighted by atomic mass is 14.8. The van der Waals surface area contributed by atoms with Crippen LogP contribution in [0, 0.1) is 13.8 Å². The molecule has 5 bridgehead atoms. The van der Waals surface area contributed by atoms with Gasteiger partial charge in [-0.2, -0.15) is 0 Å². The van der Waals surface area contributed by atoms with Gasteiger partial charge in [-0.1, -0.05) is 12.2 Å². The second kappa shape index (κ2) is 3.53. The first kappa shape index (κ1) is 10.9. The Morgan fingerprint density at radius 2 is 1.95 bits per heavy atom. The summed E-state index contributed by atoms with van der Waals surface area (Å²) in [5, 5.41) is 2.59. The van der Waals surface area contributed by atoms with Crippen LogP contribution in [0.4, 0.5) is 0 Å². The van der Waals surface area contributed by atoms with Crippen LogP contribution in [-0.4, -0.2) is 12.8 Å². The maximum atomic E-state index is 4.88. The van der Waals surface area contributed by atoms with Gasteiger partial charge in [0.05, 0.1) is 11.9 Å². The summed E-state index contributed by atoms with van der Waals surface area (Å²) >= 11 is 0. The van der Waals surface area contributed by atoms with Crippen molar-refractivity contribution in [2.75, 3.05) is 6.54 Å². The molecule has 0 saturated heterocycles. The zero-order valence-corrected chi connectivity index (χ0v) is 11.5. The van der Waals surface area contributed by atoms with Crippen molar-refractivity contribution in [1.29, 1.82) is 0 Å². The molecule has 0 atom stereocenters. The van der Waals surface area contributed by atoms with Crippen LogP contribution in [0.1, 0.15) is 35.6 Å². The van der Waals surface area contributed by atoms with Crippen LogP contribution >= 0.6 is 0 Å². The zero-order chi connectivity index (χ0) is 13.1. The molecule has 2 nitrogen and oxygen atoms in total. The third-order valence-electron chi connectivity index (χ3n) is 4.54. The lowest BCUT2D eigenvalue weighted by molar-refractivity contribution is 1.10. The summed E-state index contributed by atoms with van der Waals surface area (Å²) < 4.78 is 0. The molecule has 4 rings (SSSR count). The van der Waals surface area contributed by atoms with E-state index >= 15 is 0 Å². The molecule has 2 heteroatoms. The van der Waals surface area contributed by atoms with Crippen molar-refractivity contribution in [3.05, 3.63) is 44.6 Å². The van der Waals surface area contributed by atoms with E-state index in [-0.39, 0.29) is 0 Å². The number of allylic oxidation sites excluding steroid dienone is 2. The summed E-state index contributed by atoms with van der Waals surface area (Å²) in [6, 6.07) is 0. The van der Waals surface area contributed by atoms with E-state index in [1.54, 1.807) is 0 Å². The molecule has 0 radical (unpaired) electrons. The Balaban J connectivity index is 2.34. The van der Waals surface area contributed by atoms with Crippen molar-refractivity contribution >= 4 is 23.4 Å². The quantitative estimate of drug-likeness (QED) is 0.673. The van der Waals surface area contributed by atoms with E-state index in [0.29, 0.717) is 0 Å². The highest BCUT2D eigenvalue weighted by Gasteiger charge is 2.25. The van der Waals surface area contributed by atoms with E-state index in [0.717, 1.165) is 13.0 Å². The molecule has 94 valence electrons. The highest BCUT2D eigenvalue weighted by molar-refractivity contribution is 6.05. The van der Waals surface area contributed by atoms with Crippen molar-refractivity contribution in [3.63, 3.8) is 0 Å². The largest absolute Gasteiger partial charge is 0.289 e. The van der Waals surface area contributed by atoms with Crippen molar-refractivity contribution in [3.8, 4) is 0 Å². The minimum atomic E-state index is 0.774. The molecule has 0 fully saturated rings. The number of benzene rings is 1. The van der Waals surface area contributed by atoms with Crippen LogP contribution in [-0.2, 0) is 0 Å². The van der Waals surface area contributed by atoms with Gasteiger partial charge in [0, 0.05) is 23.9 Å². The Kier molecular flexibility index (Phi) is 2.03. The number of hydrogen-bond donors (Lipinski definition) is 0. The van der Waals surface area contributed by atoms with Gasteiger partial charge in [-0.15, -0.1) is 0 Å². The summed E-state index contributed by atoms with van der Waals surface area (Å²) in [6.07, 6.45) is 7.36. The van der Waals surface area contributed by atoms with Gasteiger partial charge in [0.1, 0.15) is 0 Å². The normalized spacial score (nSPS) is 18.6. The summed E-state index contributed by atoms with van der Waals surface area (Å²) in [4.78, 5) is 9.38. The van der Waals surface area contributed by atoms with Gasteiger partial charge in [0.15, 0.2) is 0 Å². The average molecular weight is 248 g/mol. The molecule has 2 aliphatic heterocycles. The Bertz CT molecular complexity index is 833. The molecule has 1 aliphatic carbocycles. The molecule has 2 heterocycles. The molecular formula is C17H16N2. The van der Waals surface area contributed by atoms with Crippen LogP contribution in [0.3, 0.4) is 0 Å². The third kappa shape index (κ3) is 1.26. The number of hydrogen-bond acceptors (Lipinski definition) is 2. The summed E-state index contributed by atoms with van der Waals surface area (Å²) in [5.74, 6) is 0. The van der Waals surface area contributed by atoms with Crippen molar-refractivity contribution in [2.24, 2.45) is 9.98 Å². The van der Waals surface area contributed by atoms with Gasteiger partial charge >= 0.3 is 0 Å². The van der Waals surface area contributed by atoms with Crippen LogP contribution in [0.5, 0.6) is 0 Å². The molecule has 0 spiro atoms. The van der Waals surface area contributed by atoms with Crippen LogP contribution < -0.4 is 10.6 Å². The van der Waals surface area contributed by atoms with E-state index in [2.05, 4.69) is 44.1 Å². The van der Waals surface area contributed by atoms with Crippen molar-refractivity contribution in [2.45, 2.75) is 27.2 Å². The van der Waals surface area contributed by atoms with Gasteiger partial charge in [0.25, 0.3) is 0 Å². The van der Waals surface area contributed by atoms with Crippen LogP contribution in [0.2, 0.25) is 0 Å². The predicted molar refractivity (Wildman–Crippen MR) is 79.7 cm³/mol. The van der Waals surface area contributed by atoms with Gasteiger partial charge in [-0.25, -0.2) is 0 Å². The molecule has 3 aliphatic rings. The van der Waals surface area contributed by atoms with E-state index in [4.69, 9.17) is 4.99 Å². The van der Waals surface area contributed by atoms with Crippen molar-refractivity contribution < 1.29 is 0 Å².